The van der Waals surface area contributed by atoms with Crippen molar-refractivity contribution in [3.8, 4) is 0 Å². The molecule has 0 bridgehead atoms. The summed E-state index contributed by atoms with van der Waals surface area (Å²) in [6, 6.07) is 0. The van der Waals surface area contributed by atoms with E-state index in [2.05, 4.69) is 6.58 Å². The van der Waals surface area contributed by atoms with Crippen molar-refractivity contribution in [1.82, 2.24) is 0 Å². The first kappa shape index (κ1) is 7.76. The third kappa shape index (κ3) is 0.976. The zero-order valence-corrected chi connectivity index (χ0v) is 6.14. The van der Waals surface area contributed by atoms with Gasteiger partial charge >= 0.3 is 0 Å². The second-order valence-corrected chi connectivity index (χ2v) is 3.05. The molecule has 0 aromatic heterocycles. The third-order valence-corrected chi connectivity index (χ3v) is 2.49. The quantitative estimate of drug-likeness (QED) is 0.557. The number of hydrogen-bond donors (Lipinski definition) is 2. The van der Waals surface area contributed by atoms with Gasteiger partial charge in [0, 0.05) is 5.41 Å². The first-order valence-electron chi connectivity index (χ1n) is 3.65. The Kier molecular flexibility index (Phi) is 2.11. The van der Waals surface area contributed by atoms with Gasteiger partial charge in [-0.2, -0.15) is 0 Å². The van der Waals surface area contributed by atoms with E-state index in [4.69, 9.17) is 10.2 Å². The normalized spacial score (nSPS) is 23.6. The molecule has 2 N–H and O–H groups in total. The Morgan fingerprint density at radius 2 is 2.00 bits per heavy atom. The molecule has 0 aromatic carbocycles. The minimum atomic E-state index is -0.347. The van der Waals surface area contributed by atoms with Gasteiger partial charge in [0.25, 0.3) is 0 Å². The molecule has 0 heterocycles. The summed E-state index contributed by atoms with van der Waals surface area (Å²) < 4.78 is 0. The smallest absolute Gasteiger partial charge is 0.0546 e. The molecule has 2 heteroatoms. The molecule has 0 saturated heterocycles. The second kappa shape index (κ2) is 2.72. The Hall–Kier alpha value is -0.340. The van der Waals surface area contributed by atoms with Gasteiger partial charge in [0.15, 0.2) is 0 Å². The van der Waals surface area contributed by atoms with E-state index in [0.29, 0.717) is 0 Å². The van der Waals surface area contributed by atoms with Crippen LogP contribution in [0.1, 0.15) is 19.3 Å². The fourth-order valence-electron chi connectivity index (χ4n) is 1.51. The lowest BCUT2D eigenvalue weighted by Gasteiger charge is -2.24. The molecule has 2 nitrogen and oxygen atoms in total. The lowest BCUT2D eigenvalue weighted by atomic mass is 9.85. The molecule has 0 aromatic rings. The van der Waals surface area contributed by atoms with Crippen molar-refractivity contribution < 1.29 is 10.2 Å². The van der Waals surface area contributed by atoms with Crippen LogP contribution in [0.3, 0.4) is 0 Å². The van der Waals surface area contributed by atoms with Crippen LogP contribution in [0.4, 0.5) is 0 Å². The van der Waals surface area contributed by atoms with E-state index < -0.39 is 0 Å². The summed E-state index contributed by atoms with van der Waals surface area (Å²) >= 11 is 0. The van der Waals surface area contributed by atoms with E-state index in [1.807, 2.05) is 0 Å². The van der Waals surface area contributed by atoms with Crippen molar-refractivity contribution in [1.29, 1.82) is 0 Å². The van der Waals surface area contributed by atoms with Gasteiger partial charge in [-0.1, -0.05) is 12.2 Å². The molecule has 1 aliphatic rings. The highest BCUT2D eigenvalue weighted by molar-refractivity contribution is 5.15. The molecule has 0 aliphatic heterocycles. The highest BCUT2D eigenvalue weighted by Gasteiger charge is 2.35. The molecule has 0 radical (unpaired) electrons. The van der Waals surface area contributed by atoms with Crippen molar-refractivity contribution in [2.24, 2.45) is 5.41 Å². The van der Waals surface area contributed by atoms with Crippen LogP contribution in [0, 0.1) is 5.41 Å². The van der Waals surface area contributed by atoms with Crippen LogP contribution in [-0.2, 0) is 0 Å². The highest BCUT2D eigenvalue weighted by atomic mass is 16.3. The van der Waals surface area contributed by atoms with E-state index >= 15 is 0 Å². The molecule has 1 fully saturated rings. The van der Waals surface area contributed by atoms with Crippen LogP contribution in [0.25, 0.3) is 0 Å². The van der Waals surface area contributed by atoms with Crippen LogP contribution in [0.2, 0.25) is 0 Å². The Bertz CT molecular complexity index is 136. The molecule has 58 valence electrons. The van der Waals surface area contributed by atoms with Crippen molar-refractivity contribution in [2.45, 2.75) is 19.3 Å². The first-order valence-corrected chi connectivity index (χ1v) is 3.65. The number of rotatable bonds is 2. The predicted molar refractivity (Wildman–Crippen MR) is 39.6 cm³/mol. The van der Waals surface area contributed by atoms with Crippen LogP contribution in [-0.4, -0.2) is 23.4 Å². The lowest BCUT2D eigenvalue weighted by molar-refractivity contribution is 0.0895. The summed E-state index contributed by atoms with van der Waals surface area (Å²) in [5.41, 5.74) is 0.664. The van der Waals surface area contributed by atoms with Crippen molar-refractivity contribution >= 4 is 0 Å². The van der Waals surface area contributed by atoms with E-state index in [-0.39, 0.29) is 18.6 Å². The summed E-state index contributed by atoms with van der Waals surface area (Å²) in [5, 5.41) is 17.9. The minimum Gasteiger partial charge on any atom is -0.395 e. The van der Waals surface area contributed by atoms with Gasteiger partial charge in [-0.05, 0) is 19.3 Å². The van der Waals surface area contributed by atoms with Gasteiger partial charge in [0.1, 0.15) is 0 Å². The molecule has 0 spiro atoms. The highest BCUT2D eigenvalue weighted by Crippen LogP contribution is 2.40. The van der Waals surface area contributed by atoms with E-state index in [0.717, 1.165) is 24.8 Å². The summed E-state index contributed by atoms with van der Waals surface area (Å²) in [4.78, 5) is 0. The molecule has 1 saturated carbocycles. The molecule has 1 rings (SSSR count). The molecule has 0 amide bonds. The standard InChI is InChI=1S/C8H14O2/c1-7-3-2-4-8(7,5-9)6-10/h9-10H,1-6H2. The predicted octanol–water partition coefficient (Wildman–Crippen LogP) is 0.698. The van der Waals surface area contributed by atoms with Crippen LogP contribution < -0.4 is 0 Å². The molecule has 10 heavy (non-hydrogen) atoms. The SMILES string of the molecule is C=C1CCCC1(CO)CO. The topological polar surface area (TPSA) is 40.5 Å². The third-order valence-electron chi connectivity index (χ3n) is 2.49. The average molecular weight is 142 g/mol. The Morgan fingerprint density at radius 3 is 2.20 bits per heavy atom. The minimum absolute atomic E-state index is 0.0440. The zero-order valence-electron chi connectivity index (χ0n) is 6.14. The fourth-order valence-corrected chi connectivity index (χ4v) is 1.51. The van der Waals surface area contributed by atoms with Gasteiger partial charge in [0.2, 0.25) is 0 Å². The molecular formula is C8H14O2. The van der Waals surface area contributed by atoms with Crippen LogP contribution in [0.5, 0.6) is 0 Å². The van der Waals surface area contributed by atoms with Crippen molar-refractivity contribution in [3.63, 3.8) is 0 Å². The van der Waals surface area contributed by atoms with Crippen molar-refractivity contribution in [3.05, 3.63) is 12.2 Å². The molecule has 0 unspecified atom stereocenters. The van der Waals surface area contributed by atoms with Gasteiger partial charge in [-0.3, -0.25) is 0 Å². The van der Waals surface area contributed by atoms with Gasteiger partial charge < -0.3 is 10.2 Å². The Morgan fingerprint density at radius 1 is 1.40 bits per heavy atom. The van der Waals surface area contributed by atoms with E-state index in [9.17, 15) is 0 Å². The second-order valence-electron chi connectivity index (χ2n) is 3.05. The molecule has 1 aliphatic carbocycles. The largest absolute Gasteiger partial charge is 0.395 e. The number of hydrogen-bond acceptors (Lipinski definition) is 2. The van der Waals surface area contributed by atoms with Gasteiger partial charge in [-0.15, -0.1) is 0 Å². The maximum absolute atomic E-state index is 8.97. The fraction of sp³-hybridized carbons (Fsp3) is 0.750. The van der Waals surface area contributed by atoms with E-state index in [1.165, 1.54) is 0 Å². The molecular weight excluding hydrogens is 128 g/mol. The van der Waals surface area contributed by atoms with Crippen LogP contribution >= 0.6 is 0 Å². The summed E-state index contributed by atoms with van der Waals surface area (Å²) in [6.07, 6.45) is 2.90. The summed E-state index contributed by atoms with van der Waals surface area (Å²) in [6.45, 7) is 3.92. The summed E-state index contributed by atoms with van der Waals surface area (Å²) in [7, 11) is 0. The monoisotopic (exact) mass is 142 g/mol. The maximum Gasteiger partial charge on any atom is 0.0546 e. The number of aliphatic hydroxyl groups excluding tert-OH is 2. The van der Waals surface area contributed by atoms with E-state index in [1.54, 1.807) is 0 Å². The van der Waals surface area contributed by atoms with Crippen LogP contribution in [0.15, 0.2) is 12.2 Å². The average Bonchev–Trinajstić information content (AvgIpc) is 2.32. The van der Waals surface area contributed by atoms with Gasteiger partial charge in [0.05, 0.1) is 13.2 Å². The Balaban J connectivity index is 2.71. The molecule has 0 atom stereocenters. The number of aliphatic hydroxyl groups is 2. The summed E-state index contributed by atoms with van der Waals surface area (Å²) in [5.74, 6) is 0. The zero-order chi connectivity index (χ0) is 7.61. The lowest BCUT2D eigenvalue weighted by Crippen LogP contribution is -2.27. The van der Waals surface area contributed by atoms with Crippen molar-refractivity contribution in [2.75, 3.05) is 13.2 Å². The first-order chi connectivity index (χ1) is 4.75. The maximum atomic E-state index is 8.97. The Labute approximate surface area is 61.2 Å². The van der Waals surface area contributed by atoms with Gasteiger partial charge in [-0.25, -0.2) is 0 Å².